The van der Waals surface area contributed by atoms with Crippen LogP contribution in [-0.4, -0.2) is 28.5 Å². The Balaban J connectivity index is 1.69. The Labute approximate surface area is 167 Å². The molecule has 0 unspecified atom stereocenters. The number of esters is 1. The summed E-state index contributed by atoms with van der Waals surface area (Å²) in [7, 11) is 1.30. The van der Waals surface area contributed by atoms with Crippen molar-refractivity contribution >= 4 is 29.0 Å². The smallest absolute Gasteiger partial charge is 0.339 e. The van der Waals surface area contributed by atoms with Crippen LogP contribution in [-0.2, 0) is 4.74 Å². The number of ether oxygens (including phenoxy) is 1. The number of carbonyl (C=O) groups excluding carboxylic acids is 2. The van der Waals surface area contributed by atoms with Crippen LogP contribution in [0, 0.1) is 0 Å². The predicted molar refractivity (Wildman–Crippen MR) is 111 cm³/mol. The van der Waals surface area contributed by atoms with Crippen LogP contribution >= 0.6 is 0 Å². The first-order chi connectivity index (χ1) is 14.2. The number of hydrogen-bond donors (Lipinski definition) is 2. The number of methoxy groups -OCH3 is 1. The predicted octanol–water partition coefficient (Wildman–Crippen LogP) is 4.43. The summed E-state index contributed by atoms with van der Waals surface area (Å²) in [6.45, 7) is 0. The minimum absolute atomic E-state index is 0.272. The molecular formula is C22H18N4O3. The van der Waals surface area contributed by atoms with Crippen LogP contribution in [0.15, 0.2) is 79.3 Å². The molecule has 7 nitrogen and oxygen atoms in total. The van der Waals surface area contributed by atoms with E-state index >= 15 is 0 Å². The molecular weight excluding hydrogens is 368 g/mol. The van der Waals surface area contributed by atoms with Crippen molar-refractivity contribution in [2.45, 2.75) is 0 Å². The minimum Gasteiger partial charge on any atom is -0.465 e. The topological polar surface area (TPSA) is 84.7 Å². The number of benzene rings is 2. The molecule has 0 bridgehead atoms. The van der Waals surface area contributed by atoms with Crippen molar-refractivity contribution in [1.82, 2.24) is 9.38 Å². The van der Waals surface area contributed by atoms with Gasteiger partial charge in [-0.1, -0.05) is 42.5 Å². The fourth-order valence-corrected chi connectivity index (χ4v) is 3.11. The molecule has 2 N–H and O–H groups in total. The number of pyridine rings is 1. The number of amides is 2. The SMILES string of the molecule is COC(=O)c1ccccc1NC(=O)Nc1c(-c2ccccc2)ccc2cncn12. The van der Waals surface area contributed by atoms with Gasteiger partial charge in [-0.05, 0) is 29.8 Å². The number of rotatable bonds is 4. The molecule has 0 saturated heterocycles. The molecule has 2 aromatic heterocycles. The number of hydrogen-bond acceptors (Lipinski definition) is 4. The molecule has 144 valence electrons. The van der Waals surface area contributed by atoms with E-state index in [0.717, 1.165) is 16.6 Å². The van der Waals surface area contributed by atoms with Gasteiger partial charge in [-0.2, -0.15) is 0 Å². The molecule has 4 rings (SSSR count). The Morgan fingerprint density at radius 3 is 2.48 bits per heavy atom. The van der Waals surface area contributed by atoms with Gasteiger partial charge in [-0.25, -0.2) is 14.6 Å². The third-order valence-electron chi connectivity index (χ3n) is 4.48. The zero-order chi connectivity index (χ0) is 20.2. The zero-order valence-electron chi connectivity index (χ0n) is 15.6. The third kappa shape index (κ3) is 3.66. The highest BCUT2D eigenvalue weighted by atomic mass is 16.5. The van der Waals surface area contributed by atoms with Gasteiger partial charge in [0.15, 0.2) is 0 Å². The normalized spacial score (nSPS) is 10.5. The Kier molecular flexibility index (Phi) is 4.94. The molecule has 2 heterocycles. The van der Waals surface area contributed by atoms with E-state index in [2.05, 4.69) is 15.6 Å². The van der Waals surface area contributed by atoms with E-state index in [1.807, 2.05) is 42.5 Å². The first kappa shape index (κ1) is 18.2. The lowest BCUT2D eigenvalue weighted by Crippen LogP contribution is -2.23. The third-order valence-corrected chi connectivity index (χ3v) is 4.48. The fourth-order valence-electron chi connectivity index (χ4n) is 3.11. The summed E-state index contributed by atoms with van der Waals surface area (Å²) >= 11 is 0. The number of imidazole rings is 1. The van der Waals surface area contributed by atoms with Gasteiger partial charge < -0.3 is 10.1 Å². The van der Waals surface area contributed by atoms with E-state index in [1.54, 1.807) is 41.2 Å². The summed E-state index contributed by atoms with van der Waals surface area (Å²) in [5.41, 5.74) is 3.26. The quantitative estimate of drug-likeness (QED) is 0.508. The highest BCUT2D eigenvalue weighted by Gasteiger charge is 2.16. The van der Waals surface area contributed by atoms with Gasteiger partial charge in [-0.3, -0.25) is 9.72 Å². The highest BCUT2D eigenvalue weighted by Crippen LogP contribution is 2.29. The molecule has 0 atom stereocenters. The molecule has 0 aliphatic heterocycles. The van der Waals surface area contributed by atoms with Gasteiger partial charge in [-0.15, -0.1) is 0 Å². The largest absolute Gasteiger partial charge is 0.465 e. The first-order valence-electron chi connectivity index (χ1n) is 8.93. The molecule has 0 radical (unpaired) electrons. The van der Waals surface area contributed by atoms with Gasteiger partial charge in [0, 0.05) is 5.56 Å². The summed E-state index contributed by atoms with van der Waals surface area (Å²) in [6, 6.07) is 19.8. The maximum Gasteiger partial charge on any atom is 0.339 e. The number of urea groups is 1. The summed E-state index contributed by atoms with van der Waals surface area (Å²) in [5, 5.41) is 5.62. The molecule has 0 aliphatic rings. The number of fused-ring (bicyclic) bond motifs is 1. The second-order valence-corrected chi connectivity index (χ2v) is 6.27. The number of nitrogens with one attached hydrogen (secondary N) is 2. The number of anilines is 2. The van der Waals surface area contributed by atoms with Crippen LogP contribution in [0.3, 0.4) is 0 Å². The maximum atomic E-state index is 12.8. The first-order valence-corrected chi connectivity index (χ1v) is 8.93. The van der Waals surface area contributed by atoms with Gasteiger partial charge in [0.05, 0.1) is 30.1 Å². The van der Waals surface area contributed by atoms with E-state index in [1.165, 1.54) is 7.11 Å². The van der Waals surface area contributed by atoms with Crippen molar-refractivity contribution in [2.75, 3.05) is 17.7 Å². The number of nitrogens with zero attached hydrogens (tertiary/aromatic N) is 2. The van der Waals surface area contributed by atoms with Crippen molar-refractivity contribution in [3.8, 4) is 11.1 Å². The minimum atomic E-state index is -0.525. The average Bonchev–Trinajstić information content (AvgIpc) is 3.24. The molecule has 7 heteroatoms. The van der Waals surface area contributed by atoms with Gasteiger partial charge >= 0.3 is 12.0 Å². The van der Waals surface area contributed by atoms with Crippen molar-refractivity contribution in [3.63, 3.8) is 0 Å². The van der Waals surface area contributed by atoms with E-state index in [0.29, 0.717) is 11.5 Å². The van der Waals surface area contributed by atoms with Crippen LogP contribution in [0.4, 0.5) is 16.3 Å². The molecule has 29 heavy (non-hydrogen) atoms. The lowest BCUT2D eigenvalue weighted by atomic mass is 10.1. The van der Waals surface area contributed by atoms with Crippen LogP contribution in [0.2, 0.25) is 0 Å². The Hall–Kier alpha value is -4.13. The van der Waals surface area contributed by atoms with E-state index in [-0.39, 0.29) is 5.56 Å². The maximum absolute atomic E-state index is 12.8. The van der Waals surface area contributed by atoms with Crippen LogP contribution in [0.25, 0.3) is 16.6 Å². The molecule has 0 aliphatic carbocycles. The van der Waals surface area contributed by atoms with Gasteiger partial charge in [0.2, 0.25) is 0 Å². The molecule has 0 fully saturated rings. The summed E-state index contributed by atoms with van der Waals surface area (Å²) < 4.78 is 6.58. The number of para-hydroxylation sites is 1. The summed E-state index contributed by atoms with van der Waals surface area (Å²) in [4.78, 5) is 28.9. The molecule has 0 saturated carbocycles. The van der Waals surface area contributed by atoms with Crippen LogP contribution in [0.1, 0.15) is 10.4 Å². The van der Waals surface area contributed by atoms with Crippen molar-refractivity contribution < 1.29 is 14.3 Å². The van der Waals surface area contributed by atoms with Crippen LogP contribution < -0.4 is 10.6 Å². The Bertz CT molecular complexity index is 1190. The number of aromatic nitrogens is 2. The molecule has 2 amide bonds. The second-order valence-electron chi connectivity index (χ2n) is 6.27. The number of carbonyl (C=O) groups is 2. The van der Waals surface area contributed by atoms with Crippen LogP contribution in [0.5, 0.6) is 0 Å². The fraction of sp³-hybridized carbons (Fsp3) is 0.0455. The lowest BCUT2D eigenvalue weighted by molar-refractivity contribution is 0.0602. The molecule has 0 spiro atoms. The second kappa shape index (κ2) is 7.85. The standard InChI is InChI=1S/C22H18N4O3/c1-29-21(27)18-9-5-6-10-19(18)24-22(28)25-20-17(15-7-3-2-4-8-15)12-11-16-13-23-14-26(16)20/h2-14H,1H3,(H2,24,25,28). The average molecular weight is 386 g/mol. The molecule has 4 aromatic rings. The highest BCUT2D eigenvalue weighted by molar-refractivity contribution is 6.06. The van der Waals surface area contributed by atoms with E-state index in [4.69, 9.17) is 4.74 Å². The van der Waals surface area contributed by atoms with Gasteiger partial charge in [0.1, 0.15) is 12.1 Å². The van der Waals surface area contributed by atoms with Gasteiger partial charge in [0.25, 0.3) is 0 Å². The van der Waals surface area contributed by atoms with E-state index < -0.39 is 12.0 Å². The Morgan fingerprint density at radius 1 is 0.931 bits per heavy atom. The lowest BCUT2D eigenvalue weighted by Gasteiger charge is -2.15. The molecule has 2 aromatic carbocycles. The van der Waals surface area contributed by atoms with Crippen molar-refractivity contribution in [3.05, 3.63) is 84.8 Å². The summed E-state index contributed by atoms with van der Waals surface area (Å²) in [6.07, 6.45) is 3.35. The zero-order valence-corrected chi connectivity index (χ0v) is 15.6. The Morgan fingerprint density at radius 2 is 1.69 bits per heavy atom. The monoisotopic (exact) mass is 386 g/mol. The van der Waals surface area contributed by atoms with Crippen molar-refractivity contribution in [1.29, 1.82) is 0 Å². The summed E-state index contributed by atoms with van der Waals surface area (Å²) in [5.74, 6) is 0.0434. The van der Waals surface area contributed by atoms with E-state index in [9.17, 15) is 9.59 Å². The van der Waals surface area contributed by atoms with Crippen molar-refractivity contribution in [2.24, 2.45) is 0 Å².